The monoisotopic (exact) mass is 483 g/mol. The maximum atomic E-state index is 12.6. The van der Waals surface area contributed by atoms with Crippen molar-refractivity contribution in [3.8, 4) is 23.1 Å². The summed E-state index contributed by atoms with van der Waals surface area (Å²) in [6, 6.07) is 8.69. The van der Waals surface area contributed by atoms with Crippen LogP contribution in [0.2, 0.25) is 0 Å². The highest BCUT2D eigenvalue weighted by atomic mass is 16.6. The number of aromatic nitrogens is 2. The average Bonchev–Trinajstić information content (AvgIpc) is 2.75. The minimum atomic E-state index is -0.996. The highest BCUT2D eigenvalue weighted by Gasteiger charge is 2.32. The van der Waals surface area contributed by atoms with Gasteiger partial charge in [-0.05, 0) is 64.3 Å². The van der Waals surface area contributed by atoms with Crippen LogP contribution in [0, 0.1) is 17.2 Å². The number of ether oxygens (including phenoxy) is 3. The van der Waals surface area contributed by atoms with Crippen LogP contribution in [-0.2, 0) is 9.47 Å². The molecule has 0 saturated carbocycles. The number of hydrogen-bond donors (Lipinski definition) is 1. The molecule has 1 heterocycles. The molecule has 1 atom stereocenters. The van der Waals surface area contributed by atoms with E-state index < -0.39 is 23.3 Å². The molecule has 35 heavy (non-hydrogen) atoms. The number of rotatable bonds is 7. The molecule has 2 rings (SSSR count). The van der Waals surface area contributed by atoms with Crippen LogP contribution in [0.25, 0.3) is 11.3 Å². The molecule has 0 bridgehead atoms. The summed E-state index contributed by atoms with van der Waals surface area (Å²) in [5, 5.41) is 9.67. The van der Waals surface area contributed by atoms with Gasteiger partial charge in [0.2, 0.25) is 5.95 Å². The van der Waals surface area contributed by atoms with Crippen LogP contribution in [0.5, 0.6) is 5.75 Å². The molecule has 0 radical (unpaired) electrons. The SMILES string of the molecule is COC(=O)N(C(=O)OC(C)(C)C)c1nccc(-c2ccc(OC[C@@](C)(N)CC(C)C)c(C#N)c2)n1. The van der Waals surface area contributed by atoms with Crippen molar-refractivity contribution in [2.24, 2.45) is 11.7 Å². The van der Waals surface area contributed by atoms with Crippen LogP contribution >= 0.6 is 0 Å². The lowest BCUT2D eigenvalue weighted by atomic mass is 9.93. The van der Waals surface area contributed by atoms with E-state index in [1.807, 2.05) is 6.92 Å². The normalized spacial score (nSPS) is 12.9. The Morgan fingerprint density at radius 3 is 2.43 bits per heavy atom. The molecule has 2 aromatic rings. The Bertz CT molecular complexity index is 1100. The Morgan fingerprint density at radius 2 is 1.86 bits per heavy atom. The first-order chi connectivity index (χ1) is 16.3. The zero-order chi connectivity index (χ0) is 26.4. The largest absolute Gasteiger partial charge is 0.490 e. The number of nitrogens with two attached hydrogens (primary N) is 1. The summed E-state index contributed by atoms with van der Waals surface area (Å²) in [4.78, 5) is 33.9. The van der Waals surface area contributed by atoms with E-state index in [2.05, 4.69) is 29.9 Å². The summed E-state index contributed by atoms with van der Waals surface area (Å²) >= 11 is 0. The summed E-state index contributed by atoms with van der Waals surface area (Å²) < 4.78 is 15.9. The number of anilines is 1. The van der Waals surface area contributed by atoms with Crippen molar-refractivity contribution in [2.45, 2.75) is 59.1 Å². The Labute approximate surface area is 206 Å². The van der Waals surface area contributed by atoms with Crippen LogP contribution in [-0.4, -0.2) is 47.0 Å². The molecule has 0 aliphatic rings. The molecule has 0 saturated heterocycles. The van der Waals surface area contributed by atoms with E-state index in [0.29, 0.717) is 33.4 Å². The summed E-state index contributed by atoms with van der Waals surface area (Å²) in [6.07, 6.45) is 0.184. The zero-order valence-electron chi connectivity index (χ0n) is 21.3. The Balaban J connectivity index is 2.36. The summed E-state index contributed by atoms with van der Waals surface area (Å²) in [5.41, 5.74) is 6.15. The third-order valence-electron chi connectivity index (χ3n) is 4.60. The second kappa shape index (κ2) is 11.1. The molecule has 10 nitrogen and oxygen atoms in total. The Kier molecular flexibility index (Phi) is 8.77. The summed E-state index contributed by atoms with van der Waals surface area (Å²) in [6.45, 7) is 11.3. The predicted molar refractivity (Wildman–Crippen MR) is 131 cm³/mol. The van der Waals surface area contributed by atoms with Gasteiger partial charge in [-0.25, -0.2) is 19.6 Å². The van der Waals surface area contributed by atoms with Gasteiger partial charge in [0.05, 0.1) is 18.4 Å². The first-order valence-electron chi connectivity index (χ1n) is 11.2. The van der Waals surface area contributed by atoms with E-state index in [4.69, 9.17) is 19.9 Å². The van der Waals surface area contributed by atoms with Crippen molar-refractivity contribution in [1.82, 2.24) is 9.97 Å². The lowest BCUT2D eigenvalue weighted by molar-refractivity contribution is 0.0573. The molecule has 0 aliphatic heterocycles. The van der Waals surface area contributed by atoms with E-state index >= 15 is 0 Å². The number of imide groups is 1. The van der Waals surface area contributed by atoms with Crippen LogP contribution in [0.1, 0.15) is 53.5 Å². The molecule has 188 valence electrons. The predicted octanol–water partition coefficient (Wildman–Crippen LogP) is 4.67. The molecule has 0 aliphatic carbocycles. The molecule has 1 aromatic carbocycles. The second-order valence-corrected chi connectivity index (χ2v) is 9.89. The van der Waals surface area contributed by atoms with Crippen LogP contribution in [0.4, 0.5) is 15.5 Å². The first-order valence-corrected chi connectivity index (χ1v) is 11.2. The number of hydrogen-bond acceptors (Lipinski definition) is 9. The number of carbonyl (C=O) groups excluding carboxylic acids is 2. The van der Waals surface area contributed by atoms with Gasteiger partial charge in [-0.1, -0.05) is 13.8 Å². The molecule has 2 N–H and O–H groups in total. The minimum Gasteiger partial charge on any atom is -0.490 e. The van der Waals surface area contributed by atoms with E-state index in [1.165, 1.54) is 6.20 Å². The standard InChI is InChI=1S/C25H33N5O5/c1-16(2)13-25(6,27)15-34-20-9-8-17(12-18(20)14-26)19-10-11-28-21(29-19)30(22(31)33-7)23(32)35-24(3,4)5/h8-12,16H,13,15,27H2,1-7H3/t25-/m0/s1. The Hall–Kier alpha value is -3.71. The molecule has 10 heteroatoms. The van der Waals surface area contributed by atoms with Crippen molar-refractivity contribution in [3.63, 3.8) is 0 Å². The fraction of sp³-hybridized carbons (Fsp3) is 0.480. The highest BCUT2D eigenvalue weighted by Crippen LogP contribution is 2.27. The third kappa shape index (κ3) is 7.93. The van der Waals surface area contributed by atoms with Gasteiger partial charge in [0.15, 0.2) is 0 Å². The third-order valence-corrected chi connectivity index (χ3v) is 4.60. The number of carbonyl (C=O) groups is 2. The summed E-state index contributed by atoms with van der Waals surface area (Å²) in [7, 11) is 1.13. The van der Waals surface area contributed by atoms with Gasteiger partial charge in [-0.2, -0.15) is 5.26 Å². The first kappa shape index (κ1) is 27.5. The number of nitrogens with zero attached hydrogens (tertiary/aromatic N) is 4. The number of benzene rings is 1. The maximum Gasteiger partial charge on any atom is 0.427 e. The number of amides is 2. The minimum absolute atomic E-state index is 0.227. The molecular formula is C25H33N5O5. The quantitative estimate of drug-likeness (QED) is 0.595. The smallest absolute Gasteiger partial charge is 0.427 e. The molecular weight excluding hydrogens is 450 g/mol. The highest BCUT2D eigenvalue weighted by molar-refractivity contribution is 6.08. The molecule has 0 fully saturated rings. The van der Waals surface area contributed by atoms with Gasteiger partial charge in [0.25, 0.3) is 0 Å². The molecule has 0 unspecified atom stereocenters. The lowest BCUT2D eigenvalue weighted by Crippen LogP contribution is -2.43. The van der Waals surface area contributed by atoms with E-state index in [1.54, 1.807) is 45.0 Å². The van der Waals surface area contributed by atoms with Gasteiger partial charge in [-0.15, -0.1) is 4.90 Å². The fourth-order valence-electron chi connectivity index (χ4n) is 3.39. The fourth-order valence-corrected chi connectivity index (χ4v) is 3.39. The van der Waals surface area contributed by atoms with Gasteiger partial charge in [0.1, 0.15) is 24.0 Å². The molecule has 2 amide bonds. The number of nitriles is 1. The van der Waals surface area contributed by atoms with Gasteiger partial charge < -0.3 is 19.9 Å². The topological polar surface area (TPSA) is 141 Å². The average molecular weight is 484 g/mol. The van der Waals surface area contributed by atoms with E-state index in [9.17, 15) is 14.9 Å². The van der Waals surface area contributed by atoms with Crippen molar-refractivity contribution >= 4 is 18.1 Å². The van der Waals surface area contributed by atoms with E-state index in [0.717, 1.165) is 13.5 Å². The van der Waals surface area contributed by atoms with Crippen molar-refractivity contribution in [1.29, 1.82) is 5.26 Å². The summed E-state index contributed by atoms with van der Waals surface area (Å²) in [5.74, 6) is 0.578. The van der Waals surface area contributed by atoms with Gasteiger partial charge >= 0.3 is 12.2 Å². The number of methoxy groups -OCH3 is 1. The van der Waals surface area contributed by atoms with Crippen LogP contribution < -0.4 is 15.4 Å². The Morgan fingerprint density at radius 1 is 1.17 bits per heavy atom. The lowest BCUT2D eigenvalue weighted by Gasteiger charge is -2.26. The van der Waals surface area contributed by atoms with Gasteiger partial charge in [0, 0.05) is 17.3 Å². The maximum absolute atomic E-state index is 12.6. The van der Waals surface area contributed by atoms with Crippen LogP contribution in [0.3, 0.4) is 0 Å². The zero-order valence-corrected chi connectivity index (χ0v) is 21.3. The van der Waals surface area contributed by atoms with Crippen LogP contribution in [0.15, 0.2) is 30.5 Å². The van der Waals surface area contributed by atoms with Crippen molar-refractivity contribution in [3.05, 3.63) is 36.0 Å². The van der Waals surface area contributed by atoms with Gasteiger partial charge in [-0.3, -0.25) is 0 Å². The van der Waals surface area contributed by atoms with E-state index in [-0.39, 0.29) is 12.6 Å². The molecule has 1 aromatic heterocycles. The van der Waals surface area contributed by atoms with Crippen molar-refractivity contribution in [2.75, 3.05) is 18.6 Å². The molecule has 0 spiro atoms. The second-order valence-electron chi connectivity index (χ2n) is 9.89. The van der Waals surface area contributed by atoms with Crippen molar-refractivity contribution < 1.29 is 23.8 Å².